The van der Waals surface area contributed by atoms with E-state index in [4.69, 9.17) is 0 Å². The maximum absolute atomic E-state index is 13.1. The van der Waals surface area contributed by atoms with Crippen molar-refractivity contribution in [3.63, 3.8) is 0 Å². The molecule has 0 aliphatic rings. The van der Waals surface area contributed by atoms with Crippen LogP contribution < -0.4 is 5.32 Å². The van der Waals surface area contributed by atoms with Crippen molar-refractivity contribution in [2.75, 3.05) is 0 Å². The third kappa shape index (κ3) is 2.91. The molecule has 0 saturated carbocycles. The third-order valence-electron chi connectivity index (χ3n) is 2.78. The Morgan fingerprint density at radius 2 is 2.12 bits per heavy atom. The molecule has 0 atom stereocenters. The minimum absolute atomic E-state index is 0.152. The van der Waals surface area contributed by atoms with Crippen molar-refractivity contribution >= 4 is 0 Å². The second kappa shape index (κ2) is 5.10. The lowest BCUT2D eigenvalue weighted by atomic mass is 10.1. The quantitative estimate of drug-likeness (QED) is 0.877. The van der Waals surface area contributed by atoms with Crippen molar-refractivity contribution in [2.24, 2.45) is 7.05 Å². The summed E-state index contributed by atoms with van der Waals surface area (Å²) in [6.45, 7) is 3.26. The van der Waals surface area contributed by atoms with E-state index in [1.807, 2.05) is 23.9 Å². The van der Waals surface area contributed by atoms with Gasteiger partial charge in [-0.2, -0.15) is 5.10 Å². The molecule has 0 bridgehead atoms. The monoisotopic (exact) mass is 233 g/mol. The lowest BCUT2D eigenvalue weighted by molar-refractivity contribution is 0.610. The minimum Gasteiger partial charge on any atom is -0.307 e. The first-order valence-corrected chi connectivity index (χ1v) is 5.59. The Morgan fingerprint density at radius 1 is 1.29 bits per heavy atom. The first-order valence-electron chi connectivity index (χ1n) is 5.59. The van der Waals surface area contributed by atoms with Crippen LogP contribution in [0.4, 0.5) is 4.39 Å². The molecular weight excluding hydrogens is 217 g/mol. The number of benzene rings is 1. The van der Waals surface area contributed by atoms with Crippen molar-refractivity contribution < 1.29 is 4.39 Å². The van der Waals surface area contributed by atoms with E-state index in [1.54, 1.807) is 19.2 Å². The number of rotatable bonds is 4. The van der Waals surface area contributed by atoms with E-state index in [1.165, 1.54) is 6.07 Å². The summed E-state index contributed by atoms with van der Waals surface area (Å²) in [5.74, 6) is -0.152. The van der Waals surface area contributed by atoms with Crippen molar-refractivity contribution in [1.29, 1.82) is 0 Å². The maximum atomic E-state index is 13.1. The Morgan fingerprint density at radius 3 is 2.76 bits per heavy atom. The summed E-state index contributed by atoms with van der Waals surface area (Å²) < 4.78 is 14.9. The Balaban J connectivity index is 1.90. The largest absolute Gasteiger partial charge is 0.307 e. The number of aryl methyl sites for hydroxylation is 2. The fourth-order valence-corrected chi connectivity index (χ4v) is 1.73. The maximum Gasteiger partial charge on any atom is 0.126 e. The number of aromatic nitrogens is 2. The summed E-state index contributed by atoms with van der Waals surface area (Å²) in [6, 6.07) is 7.16. The average Bonchev–Trinajstić information content (AvgIpc) is 2.70. The predicted molar refractivity (Wildman–Crippen MR) is 64.9 cm³/mol. The van der Waals surface area contributed by atoms with Gasteiger partial charge >= 0.3 is 0 Å². The molecule has 0 aliphatic heterocycles. The average molecular weight is 233 g/mol. The molecule has 1 aromatic carbocycles. The highest BCUT2D eigenvalue weighted by Crippen LogP contribution is 2.09. The van der Waals surface area contributed by atoms with Crippen LogP contribution in [0.2, 0.25) is 0 Å². The van der Waals surface area contributed by atoms with Gasteiger partial charge in [0, 0.05) is 26.3 Å². The highest BCUT2D eigenvalue weighted by atomic mass is 19.1. The van der Waals surface area contributed by atoms with Gasteiger partial charge in [-0.3, -0.25) is 4.68 Å². The van der Waals surface area contributed by atoms with Crippen LogP contribution in [0.1, 0.15) is 16.8 Å². The fourth-order valence-electron chi connectivity index (χ4n) is 1.73. The van der Waals surface area contributed by atoms with E-state index < -0.39 is 0 Å². The molecule has 0 fully saturated rings. The Bertz CT molecular complexity index is 505. The molecular formula is C13H16FN3. The smallest absolute Gasteiger partial charge is 0.126 e. The van der Waals surface area contributed by atoms with Crippen LogP contribution in [0.5, 0.6) is 0 Å². The van der Waals surface area contributed by atoms with Crippen LogP contribution >= 0.6 is 0 Å². The van der Waals surface area contributed by atoms with Crippen LogP contribution in [0.15, 0.2) is 30.5 Å². The molecule has 0 unspecified atom stereocenters. The predicted octanol–water partition coefficient (Wildman–Crippen LogP) is 2.16. The van der Waals surface area contributed by atoms with Crippen molar-refractivity contribution in [3.8, 4) is 0 Å². The molecule has 0 spiro atoms. The van der Waals surface area contributed by atoms with Gasteiger partial charge < -0.3 is 5.32 Å². The number of halogens is 1. The van der Waals surface area contributed by atoms with E-state index in [0.29, 0.717) is 5.56 Å². The molecule has 2 rings (SSSR count). The van der Waals surface area contributed by atoms with Gasteiger partial charge in [0.25, 0.3) is 0 Å². The molecule has 2 aromatic rings. The summed E-state index contributed by atoms with van der Waals surface area (Å²) in [5, 5.41) is 7.40. The summed E-state index contributed by atoms with van der Waals surface area (Å²) in [4.78, 5) is 0. The first kappa shape index (κ1) is 11.8. The van der Waals surface area contributed by atoms with Gasteiger partial charge in [0.15, 0.2) is 0 Å². The lowest BCUT2D eigenvalue weighted by Crippen LogP contribution is -2.15. The Kier molecular flexibility index (Phi) is 3.54. The van der Waals surface area contributed by atoms with E-state index in [0.717, 1.165) is 24.3 Å². The summed E-state index contributed by atoms with van der Waals surface area (Å²) in [5.41, 5.74) is 2.90. The molecule has 90 valence electrons. The van der Waals surface area contributed by atoms with E-state index in [-0.39, 0.29) is 5.82 Å². The van der Waals surface area contributed by atoms with Gasteiger partial charge in [-0.25, -0.2) is 4.39 Å². The van der Waals surface area contributed by atoms with Crippen LogP contribution in [0, 0.1) is 12.7 Å². The van der Waals surface area contributed by atoms with Crippen molar-refractivity contribution in [2.45, 2.75) is 20.0 Å². The molecule has 0 saturated heterocycles. The zero-order chi connectivity index (χ0) is 12.3. The van der Waals surface area contributed by atoms with E-state index in [9.17, 15) is 4.39 Å². The number of nitrogens with one attached hydrogen (secondary N) is 1. The number of hydrogen-bond acceptors (Lipinski definition) is 2. The van der Waals surface area contributed by atoms with Gasteiger partial charge in [0.2, 0.25) is 0 Å². The molecule has 17 heavy (non-hydrogen) atoms. The molecule has 1 heterocycles. The fraction of sp³-hybridized carbons (Fsp3) is 0.308. The first-order chi connectivity index (χ1) is 8.16. The standard InChI is InChI=1S/C13H16FN3/c1-10-7-11(3-4-13(10)14)8-15-9-12-5-6-16-17(12)2/h3-7,15H,8-9H2,1-2H3. The molecule has 0 radical (unpaired) electrons. The van der Waals surface area contributed by atoms with Gasteiger partial charge in [-0.1, -0.05) is 12.1 Å². The van der Waals surface area contributed by atoms with Crippen LogP contribution in [-0.4, -0.2) is 9.78 Å². The van der Waals surface area contributed by atoms with E-state index in [2.05, 4.69) is 10.4 Å². The molecule has 0 aliphatic carbocycles. The van der Waals surface area contributed by atoms with Crippen molar-refractivity contribution in [1.82, 2.24) is 15.1 Å². The van der Waals surface area contributed by atoms with Gasteiger partial charge in [-0.15, -0.1) is 0 Å². The summed E-state index contributed by atoms with van der Waals surface area (Å²) in [7, 11) is 1.92. The summed E-state index contributed by atoms with van der Waals surface area (Å²) >= 11 is 0. The number of nitrogens with zero attached hydrogens (tertiary/aromatic N) is 2. The second-order valence-corrected chi connectivity index (χ2v) is 4.13. The van der Waals surface area contributed by atoms with Gasteiger partial charge in [0.05, 0.1) is 5.69 Å². The number of hydrogen-bond donors (Lipinski definition) is 1. The van der Waals surface area contributed by atoms with Crippen LogP contribution in [-0.2, 0) is 20.1 Å². The minimum atomic E-state index is -0.152. The zero-order valence-electron chi connectivity index (χ0n) is 10.1. The third-order valence-corrected chi connectivity index (χ3v) is 2.78. The molecule has 0 amide bonds. The Labute approximate surface area is 100 Å². The highest BCUT2D eigenvalue weighted by molar-refractivity contribution is 5.23. The lowest BCUT2D eigenvalue weighted by Gasteiger charge is -2.06. The highest BCUT2D eigenvalue weighted by Gasteiger charge is 2.00. The Hall–Kier alpha value is -1.68. The van der Waals surface area contributed by atoms with Gasteiger partial charge in [-0.05, 0) is 30.2 Å². The van der Waals surface area contributed by atoms with E-state index >= 15 is 0 Å². The molecule has 1 aromatic heterocycles. The van der Waals surface area contributed by atoms with Crippen molar-refractivity contribution in [3.05, 3.63) is 53.1 Å². The molecule has 3 nitrogen and oxygen atoms in total. The summed E-state index contributed by atoms with van der Waals surface area (Å²) in [6.07, 6.45) is 1.78. The molecule has 4 heteroatoms. The van der Waals surface area contributed by atoms with Crippen LogP contribution in [0.25, 0.3) is 0 Å². The normalized spacial score (nSPS) is 10.8. The molecule has 1 N–H and O–H groups in total. The topological polar surface area (TPSA) is 29.9 Å². The SMILES string of the molecule is Cc1cc(CNCc2ccnn2C)ccc1F. The second-order valence-electron chi connectivity index (χ2n) is 4.13. The zero-order valence-corrected chi connectivity index (χ0v) is 10.1. The van der Waals surface area contributed by atoms with Gasteiger partial charge in [0.1, 0.15) is 5.82 Å². The van der Waals surface area contributed by atoms with Crippen LogP contribution in [0.3, 0.4) is 0 Å².